The molecule has 0 fully saturated rings. The Morgan fingerprint density at radius 1 is 1.31 bits per heavy atom. The van der Waals surface area contributed by atoms with Crippen LogP contribution in [0.25, 0.3) is 0 Å². The topological polar surface area (TPSA) is 120 Å². The molecule has 0 aliphatic heterocycles. The van der Waals surface area contributed by atoms with Crippen LogP contribution in [0.2, 0.25) is 0 Å². The van der Waals surface area contributed by atoms with Gasteiger partial charge in [0, 0.05) is 10.8 Å². The van der Waals surface area contributed by atoms with Crippen molar-refractivity contribution in [2.45, 2.75) is 12.8 Å². The lowest BCUT2D eigenvalue weighted by Gasteiger charge is -1.98. The number of aromatic nitrogens is 1. The maximum absolute atomic E-state index is 11.1. The normalized spacial score (nSPS) is 9.75. The number of carboxylic acids is 1. The van der Waals surface area contributed by atoms with Crippen molar-refractivity contribution in [3.8, 4) is 0 Å². The molecular formula is C9H12N3O4+. The lowest BCUT2D eigenvalue weighted by atomic mass is 10.3. The zero-order chi connectivity index (χ0) is 12.1. The third-order valence-corrected chi connectivity index (χ3v) is 1.75. The lowest BCUT2D eigenvalue weighted by molar-refractivity contribution is -0.869. The first-order valence-electron chi connectivity index (χ1n) is 4.48. The summed E-state index contributed by atoms with van der Waals surface area (Å²) in [6.45, 7) is 0. The highest BCUT2D eigenvalue weighted by molar-refractivity contribution is 5.76. The van der Waals surface area contributed by atoms with Gasteiger partial charge in [-0.2, -0.15) is 4.84 Å². The van der Waals surface area contributed by atoms with Crippen LogP contribution in [-0.4, -0.2) is 17.0 Å². The van der Waals surface area contributed by atoms with Gasteiger partial charge < -0.3 is 16.6 Å². The van der Waals surface area contributed by atoms with E-state index >= 15 is 0 Å². The van der Waals surface area contributed by atoms with Crippen LogP contribution in [0.5, 0.6) is 0 Å². The molecule has 0 atom stereocenters. The summed E-state index contributed by atoms with van der Waals surface area (Å²) in [5.74, 6) is -1.71. The average Bonchev–Trinajstić information content (AvgIpc) is 2.21. The van der Waals surface area contributed by atoms with Crippen LogP contribution in [0.15, 0.2) is 18.5 Å². The summed E-state index contributed by atoms with van der Waals surface area (Å²) in [6, 6.07) is 1.47. The molecule has 1 aromatic heterocycles. The number of carbonyl (C=O) groups excluding carboxylic acids is 1. The molecular weight excluding hydrogens is 214 g/mol. The van der Waals surface area contributed by atoms with Crippen molar-refractivity contribution in [3.05, 3.63) is 18.5 Å². The third-order valence-electron chi connectivity index (χ3n) is 1.75. The zero-order valence-corrected chi connectivity index (χ0v) is 8.42. The van der Waals surface area contributed by atoms with Crippen LogP contribution in [0.1, 0.15) is 12.8 Å². The molecule has 86 valence electrons. The Kier molecular flexibility index (Phi) is 3.65. The Balaban J connectivity index is 2.56. The van der Waals surface area contributed by atoms with Gasteiger partial charge in [-0.1, -0.05) is 0 Å². The number of nitrogens with two attached hydrogens (primary N) is 2. The zero-order valence-electron chi connectivity index (χ0n) is 8.42. The van der Waals surface area contributed by atoms with Crippen molar-refractivity contribution in [3.63, 3.8) is 0 Å². The fourth-order valence-corrected chi connectivity index (χ4v) is 0.934. The van der Waals surface area contributed by atoms with Crippen LogP contribution in [0.3, 0.4) is 0 Å². The highest BCUT2D eigenvalue weighted by Gasteiger charge is 2.14. The molecule has 0 aliphatic carbocycles. The maximum atomic E-state index is 11.1. The van der Waals surface area contributed by atoms with Gasteiger partial charge in [0.25, 0.3) is 0 Å². The Bertz CT molecular complexity index is 419. The predicted molar refractivity (Wildman–Crippen MR) is 53.9 cm³/mol. The number of hydrogen-bond acceptors (Lipinski definition) is 5. The van der Waals surface area contributed by atoms with Gasteiger partial charge in [0.05, 0.1) is 18.5 Å². The first kappa shape index (κ1) is 11.8. The number of anilines is 2. The number of hydrogen-bond donors (Lipinski definition) is 3. The van der Waals surface area contributed by atoms with Crippen LogP contribution in [0.4, 0.5) is 11.4 Å². The van der Waals surface area contributed by atoms with E-state index in [9.17, 15) is 9.59 Å². The second kappa shape index (κ2) is 4.96. The van der Waals surface area contributed by atoms with Gasteiger partial charge in [0.2, 0.25) is 12.4 Å². The van der Waals surface area contributed by atoms with Crippen LogP contribution in [-0.2, 0) is 9.59 Å². The molecule has 0 radical (unpaired) electrons. The first-order chi connectivity index (χ1) is 7.49. The Morgan fingerprint density at radius 3 is 2.56 bits per heavy atom. The van der Waals surface area contributed by atoms with E-state index in [1.807, 2.05) is 0 Å². The van der Waals surface area contributed by atoms with Gasteiger partial charge in [-0.15, -0.1) is 0 Å². The number of nitrogen functional groups attached to an aromatic ring is 2. The Morgan fingerprint density at radius 2 is 2.00 bits per heavy atom. The molecule has 1 rings (SSSR count). The van der Waals surface area contributed by atoms with E-state index in [1.165, 1.54) is 18.5 Å². The summed E-state index contributed by atoms with van der Waals surface area (Å²) in [5, 5.41) is 8.36. The van der Waals surface area contributed by atoms with Crippen molar-refractivity contribution in [1.82, 2.24) is 0 Å². The minimum atomic E-state index is -1.06. The number of aliphatic carboxylic acids is 1. The predicted octanol–water partition coefficient (Wildman–Crippen LogP) is -1.04. The standard InChI is InChI=1S/C9H11N3O4/c10-6-3-4-12(5-7(6)11)16-9(15)2-1-8(13)14/h3-5,10H,1-2,11H2,(H,13,14)/p+1. The summed E-state index contributed by atoms with van der Waals surface area (Å²) in [7, 11) is 0. The van der Waals surface area contributed by atoms with Gasteiger partial charge in [-0.05, 0) is 0 Å². The second-order valence-corrected chi connectivity index (χ2v) is 3.07. The van der Waals surface area contributed by atoms with Crippen LogP contribution in [0, 0.1) is 0 Å². The minimum Gasteiger partial charge on any atom is -0.481 e. The average molecular weight is 226 g/mol. The molecule has 1 heterocycles. The molecule has 0 saturated heterocycles. The molecule has 16 heavy (non-hydrogen) atoms. The van der Waals surface area contributed by atoms with Crippen LogP contribution < -0.4 is 21.0 Å². The first-order valence-corrected chi connectivity index (χ1v) is 4.48. The molecule has 1 aromatic rings. The van der Waals surface area contributed by atoms with Crippen molar-refractivity contribution in [2.75, 3.05) is 11.5 Å². The second-order valence-electron chi connectivity index (χ2n) is 3.07. The lowest BCUT2D eigenvalue weighted by Crippen LogP contribution is -2.45. The Labute approximate surface area is 91.2 Å². The molecule has 0 aromatic carbocycles. The molecule has 5 N–H and O–H groups in total. The third kappa shape index (κ3) is 3.45. The molecule has 7 nitrogen and oxygen atoms in total. The van der Waals surface area contributed by atoms with E-state index in [2.05, 4.69) is 0 Å². The van der Waals surface area contributed by atoms with E-state index in [0.29, 0.717) is 5.69 Å². The van der Waals surface area contributed by atoms with Gasteiger partial charge in [-0.3, -0.25) is 4.79 Å². The van der Waals surface area contributed by atoms with Crippen molar-refractivity contribution < 1.29 is 24.3 Å². The maximum Gasteiger partial charge on any atom is 0.381 e. The number of carboxylic acid groups (broad SMARTS) is 1. The Hall–Kier alpha value is -2.31. The highest BCUT2D eigenvalue weighted by Crippen LogP contribution is 2.07. The smallest absolute Gasteiger partial charge is 0.381 e. The van der Waals surface area contributed by atoms with E-state index in [0.717, 1.165) is 4.73 Å². The van der Waals surface area contributed by atoms with Gasteiger partial charge in [0.1, 0.15) is 5.69 Å². The van der Waals surface area contributed by atoms with Gasteiger partial charge in [-0.25, -0.2) is 4.79 Å². The molecule has 0 bridgehead atoms. The van der Waals surface area contributed by atoms with Crippen LogP contribution >= 0.6 is 0 Å². The minimum absolute atomic E-state index is 0.202. The summed E-state index contributed by atoms with van der Waals surface area (Å²) in [5.41, 5.74) is 11.6. The van der Waals surface area contributed by atoms with Crippen molar-refractivity contribution in [2.24, 2.45) is 0 Å². The monoisotopic (exact) mass is 226 g/mol. The summed E-state index contributed by atoms with van der Waals surface area (Å²) < 4.78 is 1.08. The van der Waals surface area contributed by atoms with E-state index in [4.69, 9.17) is 21.4 Å². The molecule has 0 spiro atoms. The molecule has 0 unspecified atom stereocenters. The summed E-state index contributed by atoms with van der Waals surface area (Å²) in [4.78, 5) is 26.1. The summed E-state index contributed by atoms with van der Waals surface area (Å²) >= 11 is 0. The largest absolute Gasteiger partial charge is 0.481 e. The van der Waals surface area contributed by atoms with E-state index in [-0.39, 0.29) is 18.5 Å². The summed E-state index contributed by atoms with van der Waals surface area (Å²) in [6.07, 6.45) is 2.26. The highest BCUT2D eigenvalue weighted by atomic mass is 16.7. The van der Waals surface area contributed by atoms with E-state index < -0.39 is 11.9 Å². The fourth-order valence-electron chi connectivity index (χ4n) is 0.934. The molecule has 7 heteroatoms. The van der Waals surface area contributed by atoms with Gasteiger partial charge >= 0.3 is 11.9 Å². The number of nitrogens with zero attached hydrogens (tertiary/aromatic N) is 1. The number of carbonyl (C=O) groups is 2. The molecule has 0 aliphatic rings. The number of pyridine rings is 1. The number of rotatable bonds is 4. The fraction of sp³-hybridized carbons (Fsp3) is 0.222. The SMILES string of the molecule is Nc1cc[n+](OC(=O)CCC(=O)O)cc1N. The van der Waals surface area contributed by atoms with Crippen molar-refractivity contribution in [1.29, 1.82) is 0 Å². The van der Waals surface area contributed by atoms with Gasteiger partial charge in [0.15, 0.2) is 0 Å². The molecule has 0 amide bonds. The molecule has 0 saturated carbocycles. The quantitative estimate of drug-likeness (QED) is 0.564. The van der Waals surface area contributed by atoms with E-state index in [1.54, 1.807) is 0 Å². The van der Waals surface area contributed by atoms with Crippen molar-refractivity contribution >= 4 is 23.3 Å².